The molecule has 0 bridgehead atoms. The number of halogens is 1. The van der Waals surface area contributed by atoms with Gasteiger partial charge in [0, 0.05) is 6.21 Å². The van der Waals surface area contributed by atoms with Gasteiger partial charge in [-0.25, -0.2) is 4.39 Å². The lowest BCUT2D eigenvalue weighted by Crippen LogP contribution is -1.94. The molecule has 0 unspecified atom stereocenters. The number of ether oxygens (including phenoxy) is 2. The molecule has 1 heterocycles. The summed E-state index contributed by atoms with van der Waals surface area (Å²) in [6.45, 7) is 0.0328. The molecular formula is C14H9FN2O4. The van der Waals surface area contributed by atoms with E-state index >= 15 is 0 Å². The van der Waals surface area contributed by atoms with Crippen molar-refractivity contribution in [2.45, 2.75) is 0 Å². The quantitative estimate of drug-likeness (QED) is 0.494. The Labute approximate surface area is 118 Å². The van der Waals surface area contributed by atoms with Crippen molar-refractivity contribution in [1.82, 2.24) is 0 Å². The summed E-state index contributed by atoms with van der Waals surface area (Å²) in [5.74, 6) is 0.393. The van der Waals surface area contributed by atoms with Crippen molar-refractivity contribution in [3.63, 3.8) is 0 Å². The Kier molecular flexibility index (Phi) is 3.23. The lowest BCUT2D eigenvalue weighted by Gasteiger charge is -2.00. The molecule has 2 aromatic rings. The van der Waals surface area contributed by atoms with Crippen LogP contribution in [0.5, 0.6) is 11.5 Å². The molecule has 0 radical (unpaired) electrons. The summed E-state index contributed by atoms with van der Waals surface area (Å²) in [5, 5.41) is 11.1. The number of hydrogen-bond acceptors (Lipinski definition) is 5. The molecular weight excluding hydrogens is 279 g/mol. The summed E-state index contributed by atoms with van der Waals surface area (Å²) < 4.78 is 23.1. The first kappa shape index (κ1) is 13.0. The van der Waals surface area contributed by atoms with Crippen LogP contribution in [0.3, 0.4) is 0 Å². The van der Waals surface area contributed by atoms with Gasteiger partial charge in [0.05, 0.1) is 22.2 Å². The van der Waals surface area contributed by atoms with Crippen LogP contribution in [-0.2, 0) is 0 Å². The molecule has 0 saturated heterocycles. The normalized spacial score (nSPS) is 12.8. The molecule has 106 valence electrons. The monoisotopic (exact) mass is 288 g/mol. The van der Waals surface area contributed by atoms with Gasteiger partial charge in [0.1, 0.15) is 5.82 Å². The van der Waals surface area contributed by atoms with E-state index < -0.39 is 4.92 Å². The van der Waals surface area contributed by atoms with E-state index in [0.717, 1.165) is 0 Å². The van der Waals surface area contributed by atoms with E-state index in [4.69, 9.17) is 9.47 Å². The van der Waals surface area contributed by atoms with E-state index in [1.54, 1.807) is 0 Å². The Hall–Kier alpha value is -2.96. The van der Waals surface area contributed by atoms with Gasteiger partial charge in [-0.3, -0.25) is 15.1 Å². The highest BCUT2D eigenvalue weighted by molar-refractivity contribution is 5.88. The third-order valence-corrected chi connectivity index (χ3v) is 2.90. The minimum Gasteiger partial charge on any atom is -0.454 e. The number of aliphatic imine (C=N–C) groups is 1. The Morgan fingerprint density at radius 3 is 2.52 bits per heavy atom. The second kappa shape index (κ2) is 5.20. The molecule has 0 amide bonds. The summed E-state index contributed by atoms with van der Waals surface area (Å²) in [6.07, 6.45) is 1.34. The number of hydrogen-bond donors (Lipinski definition) is 0. The van der Waals surface area contributed by atoms with Crippen molar-refractivity contribution in [1.29, 1.82) is 0 Å². The first-order valence-corrected chi connectivity index (χ1v) is 6.01. The predicted molar refractivity (Wildman–Crippen MR) is 72.9 cm³/mol. The number of nitrogens with zero attached hydrogens (tertiary/aromatic N) is 2. The highest BCUT2D eigenvalue weighted by Crippen LogP contribution is 2.37. The largest absolute Gasteiger partial charge is 0.454 e. The molecule has 1 aliphatic heterocycles. The highest BCUT2D eigenvalue weighted by atomic mass is 19.1. The van der Waals surface area contributed by atoms with E-state index in [-0.39, 0.29) is 23.9 Å². The Morgan fingerprint density at radius 2 is 1.86 bits per heavy atom. The lowest BCUT2D eigenvalue weighted by molar-refractivity contribution is -0.385. The van der Waals surface area contributed by atoms with Gasteiger partial charge in [-0.2, -0.15) is 0 Å². The van der Waals surface area contributed by atoms with Gasteiger partial charge in [0.25, 0.3) is 5.69 Å². The fourth-order valence-electron chi connectivity index (χ4n) is 1.88. The fraction of sp³-hybridized carbons (Fsp3) is 0.0714. The Bertz CT molecular complexity index is 728. The van der Waals surface area contributed by atoms with Crippen molar-refractivity contribution < 1.29 is 18.8 Å². The van der Waals surface area contributed by atoms with Crippen LogP contribution in [0.25, 0.3) is 0 Å². The molecule has 21 heavy (non-hydrogen) atoms. The molecule has 0 aliphatic carbocycles. The van der Waals surface area contributed by atoms with E-state index in [0.29, 0.717) is 17.2 Å². The van der Waals surface area contributed by atoms with Gasteiger partial charge in [0.2, 0.25) is 6.79 Å². The van der Waals surface area contributed by atoms with Crippen LogP contribution in [0, 0.1) is 15.9 Å². The number of nitro groups is 1. The number of nitro benzene ring substituents is 1. The Morgan fingerprint density at radius 1 is 1.19 bits per heavy atom. The maximum atomic E-state index is 12.8. The third kappa shape index (κ3) is 2.66. The Balaban J connectivity index is 1.97. The van der Waals surface area contributed by atoms with Gasteiger partial charge >= 0.3 is 0 Å². The predicted octanol–water partition coefficient (Wildman–Crippen LogP) is 3.21. The molecule has 2 aromatic carbocycles. The lowest BCUT2D eigenvalue weighted by atomic mass is 10.1. The summed E-state index contributed by atoms with van der Waals surface area (Å²) in [5.41, 5.74) is 0.641. The molecule has 0 aromatic heterocycles. The van der Waals surface area contributed by atoms with Crippen molar-refractivity contribution in [3.05, 3.63) is 57.9 Å². The summed E-state index contributed by atoms with van der Waals surface area (Å²) >= 11 is 0. The molecule has 1 aliphatic rings. The molecule has 0 spiro atoms. The molecule has 0 atom stereocenters. The van der Waals surface area contributed by atoms with Gasteiger partial charge in [-0.1, -0.05) is 0 Å². The average Bonchev–Trinajstić information content (AvgIpc) is 2.92. The molecule has 0 saturated carbocycles. The second-order valence-electron chi connectivity index (χ2n) is 4.26. The fourth-order valence-corrected chi connectivity index (χ4v) is 1.88. The van der Waals surface area contributed by atoms with E-state index in [1.165, 1.54) is 42.6 Å². The van der Waals surface area contributed by atoms with Gasteiger partial charge in [-0.15, -0.1) is 0 Å². The molecule has 0 N–H and O–H groups in total. The third-order valence-electron chi connectivity index (χ3n) is 2.90. The average molecular weight is 288 g/mol. The van der Waals surface area contributed by atoms with Crippen LogP contribution in [0.2, 0.25) is 0 Å². The van der Waals surface area contributed by atoms with Crippen LogP contribution in [-0.4, -0.2) is 17.9 Å². The first-order chi connectivity index (χ1) is 10.1. The summed E-state index contributed by atoms with van der Waals surface area (Å²) in [6, 6.07) is 8.28. The second-order valence-corrected chi connectivity index (χ2v) is 4.26. The zero-order chi connectivity index (χ0) is 14.8. The van der Waals surface area contributed by atoms with Crippen LogP contribution in [0.4, 0.5) is 15.8 Å². The number of fused-ring (bicyclic) bond motifs is 1. The zero-order valence-electron chi connectivity index (χ0n) is 10.7. The number of benzene rings is 2. The molecule has 7 heteroatoms. The SMILES string of the molecule is O=[N+]([O-])c1cc2c(cc1C=Nc1ccc(F)cc1)OCO2. The molecule has 6 nitrogen and oxygen atoms in total. The summed E-state index contributed by atoms with van der Waals surface area (Å²) in [4.78, 5) is 14.6. The maximum Gasteiger partial charge on any atom is 0.282 e. The smallest absolute Gasteiger partial charge is 0.282 e. The summed E-state index contributed by atoms with van der Waals surface area (Å²) in [7, 11) is 0. The molecule has 3 rings (SSSR count). The minimum absolute atomic E-state index is 0.0328. The zero-order valence-corrected chi connectivity index (χ0v) is 10.7. The maximum absolute atomic E-state index is 12.8. The van der Waals surface area contributed by atoms with E-state index in [2.05, 4.69) is 4.99 Å². The van der Waals surface area contributed by atoms with Gasteiger partial charge in [0.15, 0.2) is 11.5 Å². The van der Waals surface area contributed by atoms with E-state index in [1.807, 2.05) is 0 Å². The number of rotatable bonds is 3. The van der Waals surface area contributed by atoms with Crippen LogP contribution in [0.1, 0.15) is 5.56 Å². The van der Waals surface area contributed by atoms with Crippen LogP contribution < -0.4 is 9.47 Å². The minimum atomic E-state index is -0.520. The molecule has 0 fully saturated rings. The van der Waals surface area contributed by atoms with Crippen LogP contribution >= 0.6 is 0 Å². The van der Waals surface area contributed by atoms with Crippen molar-refractivity contribution >= 4 is 17.6 Å². The van der Waals surface area contributed by atoms with Gasteiger partial charge in [-0.05, 0) is 30.3 Å². The van der Waals surface area contributed by atoms with Crippen LogP contribution in [0.15, 0.2) is 41.4 Å². The van der Waals surface area contributed by atoms with Gasteiger partial charge < -0.3 is 9.47 Å². The van der Waals surface area contributed by atoms with Crippen molar-refractivity contribution in [3.8, 4) is 11.5 Å². The first-order valence-electron chi connectivity index (χ1n) is 6.01. The standard InChI is InChI=1S/C14H9FN2O4/c15-10-1-3-11(4-2-10)16-7-9-5-13-14(21-8-20-13)6-12(9)17(18)19/h1-7H,8H2. The van der Waals surface area contributed by atoms with Crippen molar-refractivity contribution in [2.24, 2.45) is 4.99 Å². The topological polar surface area (TPSA) is 74.0 Å². The van der Waals surface area contributed by atoms with Crippen molar-refractivity contribution in [2.75, 3.05) is 6.79 Å². The highest BCUT2D eigenvalue weighted by Gasteiger charge is 2.22. The van der Waals surface area contributed by atoms with E-state index in [9.17, 15) is 14.5 Å².